The third-order valence-electron chi connectivity index (χ3n) is 2.32. The number of nitrogens with one attached hydrogen (secondary N) is 1. The minimum Gasteiger partial charge on any atom is -0.302 e. The van der Waals surface area contributed by atoms with E-state index in [0.717, 1.165) is 11.6 Å². The molecule has 0 spiro atoms. The van der Waals surface area contributed by atoms with E-state index in [4.69, 9.17) is 0 Å². The van der Waals surface area contributed by atoms with Crippen LogP contribution in [0.4, 0.5) is 13.2 Å². The number of aromatic amines is 1. The van der Waals surface area contributed by atoms with Gasteiger partial charge in [0.1, 0.15) is 5.69 Å². The molecule has 0 unspecified atom stereocenters. The molecule has 1 aromatic carbocycles. The van der Waals surface area contributed by atoms with Gasteiger partial charge in [-0.1, -0.05) is 36.4 Å². The maximum absolute atomic E-state index is 12.5. The third-order valence-corrected chi connectivity index (χ3v) is 2.32. The van der Waals surface area contributed by atoms with Crippen molar-refractivity contribution in [3.05, 3.63) is 63.8 Å². The highest BCUT2D eigenvalue weighted by Gasteiger charge is 2.32. The molecule has 0 amide bonds. The molecular formula is C13H9F3N2O. The fourth-order valence-electron chi connectivity index (χ4n) is 1.46. The molecule has 1 heterocycles. The lowest BCUT2D eigenvalue weighted by atomic mass is 10.2. The number of alkyl halides is 3. The number of nitrogens with zero attached hydrogens (tertiary/aromatic N) is 1. The molecule has 1 N–H and O–H groups in total. The van der Waals surface area contributed by atoms with Crippen LogP contribution in [0.25, 0.3) is 12.2 Å². The molecule has 0 fully saturated rings. The second-order valence-electron chi connectivity index (χ2n) is 3.77. The fraction of sp³-hybridized carbons (Fsp3) is 0.0769. The Kier molecular flexibility index (Phi) is 3.50. The third kappa shape index (κ3) is 3.54. The van der Waals surface area contributed by atoms with Crippen molar-refractivity contribution >= 4 is 12.2 Å². The molecule has 0 aliphatic rings. The fourth-order valence-corrected chi connectivity index (χ4v) is 1.46. The van der Waals surface area contributed by atoms with Gasteiger partial charge in [-0.05, 0) is 17.7 Å². The maximum atomic E-state index is 12.5. The van der Waals surface area contributed by atoms with Crippen molar-refractivity contribution in [2.75, 3.05) is 0 Å². The zero-order valence-electron chi connectivity index (χ0n) is 9.61. The molecule has 0 saturated heterocycles. The lowest BCUT2D eigenvalue weighted by molar-refractivity contribution is -0.141. The first-order chi connectivity index (χ1) is 8.95. The van der Waals surface area contributed by atoms with Crippen LogP contribution in [0, 0.1) is 0 Å². The van der Waals surface area contributed by atoms with E-state index in [0.29, 0.717) is 0 Å². The molecule has 98 valence electrons. The summed E-state index contributed by atoms with van der Waals surface area (Å²) >= 11 is 0. The first kappa shape index (κ1) is 13.1. The van der Waals surface area contributed by atoms with Crippen LogP contribution in [-0.2, 0) is 6.18 Å². The van der Waals surface area contributed by atoms with E-state index in [1.807, 2.05) is 6.07 Å². The van der Waals surface area contributed by atoms with E-state index < -0.39 is 17.6 Å². The lowest BCUT2D eigenvalue weighted by Crippen LogP contribution is -2.19. The summed E-state index contributed by atoms with van der Waals surface area (Å²) in [6.07, 6.45) is -1.65. The Morgan fingerprint density at radius 2 is 1.79 bits per heavy atom. The summed E-state index contributed by atoms with van der Waals surface area (Å²) in [7, 11) is 0. The molecule has 0 bridgehead atoms. The predicted molar refractivity (Wildman–Crippen MR) is 65.2 cm³/mol. The number of benzene rings is 1. The van der Waals surface area contributed by atoms with Gasteiger partial charge in [0.25, 0.3) is 0 Å². The van der Waals surface area contributed by atoms with Gasteiger partial charge in [-0.25, -0.2) is 4.79 Å². The summed E-state index contributed by atoms with van der Waals surface area (Å²) in [6, 6.07) is 9.78. The van der Waals surface area contributed by atoms with Crippen molar-refractivity contribution in [1.29, 1.82) is 0 Å². The van der Waals surface area contributed by atoms with Crippen LogP contribution in [-0.4, -0.2) is 9.97 Å². The average Bonchev–Trinajstić information content (AvgIpc) is 2.36. The van der Waals surface area contributed by atoms with Crippen molar-refractivity contribution in [2.24, 2.45) is 0 Å². The molecule has 2 rings (SSSR count). The number of hydrogen-bond donors (Lipinski definition) is 1. The quantitative estimate of drug-likeness (QED) is 0.908. The van der Waals surface area contributed by atoms with Crippen LogP contribution in [0.5, 0.6) is 0 Å². The number of halogens is 3. The first-order valence-electron chi connectivity index (χ1n) is 5.37. The van der Waals surface area contributed by atoms with Gasteiger partial charge in [0.15, 0.2) is 0 Å². The second kappa shape index (κ2) is 5.09. The highest BCUT2D eigenvalue weighted by atomic mass is 19.4. The topological polar surface area (TPSA) is 45.8 Å². The summed E-state index contributed by atoms with van der Waals surface area (Å²) in [5.74, 6) is 0. The minimum atomic E-state index is -4.60. The van der Waals surface area contributed by atoms with E-state index in [2.05, 4.69) is 4.98 Å². The zero-order valence-corrected chi connectivity index (χ0v) is 9.61. The molecule has 1 aromatic heterocycles. The summed E-state index contributed by atoms with van der Waals surface area (Å²) in [5.41, 5.74) is -1.37. The van der Waals surface area contributed by atoms with Gasteiger partial charge in [-0.3, -0.25) is 0 Å². The summed E-state index contributed by atoms with van der Waals surface area (Å²) < 4.78 is 37.5. The van der Waals surface area contributed by atoms with E-state index in [1.165, 1.54) is 6.08 Å². The van der Waals surface area contributed by atoms with Crippen molar-refractivity contribution in [3.63, 3.8) is 0 Å². The van der Waals surface area contributed by atoms with E-state index in [1.54, 1.807) is 35.3 Å². The van der Waals surface area contributed by atoms with Crippen LogP contribution < -0.4 is 5.69 Å². The largest absolute Gasteiger partial charge is 0.431 e. The molecule has 0 aliphatic heterocycles. The van der Waals surface area contributed by atoms with Crippen molar-refractivity contribution in [3.8, 4) is 0 Å². The van der Waals surface area contributed by atoms with E-state index >= 15 is 0 Å². The van der Waals surface area contributed by atoms with Crippen LogP contribution >= 0.6 is 0 Å². The predicted octanol–water partition coefficient (Wildman–Crippen LogP) is 2.96. The number of hydrogen-bond acceptors (Lipinski definition) is 2. The summed E-state index contributed by atoms with van der Waals surface area (Å²) in [4.78, 5) is 16.2. The summed E-state index contributed by atoms with van der Waals surface area (Å²) in [6.45, 7) is 0. The van der Waals surface area contributed by atoms with Gasteiger partial charge in [0.05, 0.1) is 5.69 Å². The zero-order chi connectivity index (χ0) is 13.9. The number of H-pyrrole nitrogens is 1. The highest BCUT2D eigenvalue weighted by molar-refractivity contribution is 5.67. The molecule has 0 saturated carbocycles. The van der Waals surface area contributed by atoms with Gasteiger partial charge in [0.2, 0.25) is 0 Å². The van der Waals surface area contributed by atoms with Crippen molar-refractivity contribution in [2.45, 2.75) is 6.18 Å². The maximum Gasteiger partial charge on any atom is 0.431 e. The minimum absolute atomic E-state index is 0.0417. The van der Waals surface area contributed by atoms with Crippen molar-refractivity contribution in [1.82, 2.24) is 9.97 Å². The second-order valence-corrected chi connectivity index (χ2v) is 3.77. The SMILES string of the molecule is O=c1nc(/C=C/c2ccccc2)cc(C(F)(F)F)[nH]1. The molecular weight excluding hydrogens is 257 g/mol. The van der Waals surface area contributed by atoms with Gasteiger partial charge in [-0.15, -0.1) is 0 Å². The average molecular weight is 266 g/mol. The van der Waals surface area contributed by atoms with Crippen LogP contribution in [0.15, 0.2) is 41.2 Å². The van der Waals surface area contributed by atoms with Gasteiger partial charge in [0, 0.05) is 0 Å². The Morgan fingerprint density at radius 3 is 2.42 bits per heavy atom. The molecule has 19 heavy (non-hydrogen) atoms. The Labute approximate surface area is 106 Å². The first-order valence-corrected chi connectivity index (χ1v) is 5.37. The lowest BCUT2D eigenvalue weighted by Gasteiger charge is -2.05. The normalized spacial score (nSPS) is 11.9. The van der Waals surface area contributed by atoms with E-state index in [-0.39, 0.29) is 5.69 Å². The van der Waals surface area contributed by atoms with Crippen LogP contribution in [0.3, 0.4) is 0 Å². The Hall–Kier alpha value is -2.37. The molecule has 2 aromatic rings. The number of aromatic nitrogens is 2. The Balaban J connectivity index is 2.34. The molecule has 0 aliphatic carbocycles. The monoisotopic (exact) mass is 266 g/mol. The van der Waals surface area contributed by atoms with E-state index in [9.17, 15) is 18.0 Å². The Morgan fingerprint density at radius 1 is 1.11 bits per heavy atom. The van der Waals surface area contributed by atoms with Gasteiger partial charge >= 0.3 is 11.9 Å². The van der Waals surface area contributed by atoms with Crippen LogP contribution in [0.1, 0.15) is 17.0 Å². The molecule has 0 radical (unpaired) electrons. The van der Waals surface area contributed by atoms with Crippen molar-refractivity contribution < 1.29 is 13.2 Å². The Bertz CT molecular complexity index is 645. The standard InChI is InChI=1S/C13H9F3N2O/c14-13(15,16)11-8-10(17-12(19)18-11)7-6-9-4-2-1-3-5-9/h1-8H,(H,17,18,19)/b7-6+. The summed E-state index contributed by atoms with van der Waals surface area (Å²) in [5, 5.41) is 0. The highest BCUT2D eigenvalue weighted by Crippen LogP contribution is 2.26. The van der Waals surface area contributed by atoms with Crippen LogP contribution in [0.2, 0.25) is 0 Å². The molecule has 0 atom stereocenters. The number of rotatable bonds is 2. The smallest absolute Gasteiger partial charge is 0.302 e. The van der Waals surface area contributed by atoms with Gasteiger partial charge < -0.3 is 4.98 Å². The van der Waals surface area contributed by atoms with Gasteiger partial charge in [-0.2, -0.15) is 18.2 Å². The molecule has 6 heteroatoms. The molecule has 3 nitrogen and oxygen atoms in total.